The van der Waals surface area contributed by atoms with Crippen LogP contribution in [0.3, 0.4) is 0 Å². The van der Waals surface area contributed by atoms with Crippen LogP contribution in [-0.4, -0.2) is 48.8 Å². The number of nitrogens with zero attached hydrogens (tertiary/aromatic N) is 4. The van der Waals surface area contributed by atoms with Crippen LogP contribution in [-0.2, 0) is 26.2 Å². The lowest BCUT2D eigenvalue weighted by atomic mass is 10.1. The Balaban J connectivity index is 1.87. The molecule has 25 heavy (non-hydrogen) atoms. The Kier molecular flexibility index (Phi) is 8.19. The fourth-order valence-corrected chi connectivity index (χ4v) is 5.25. The molecular weight excluding hydrogens is 336 g/mol. The summed E-state index contributed by atoms with van der Waals surface area (Å²) in [5.41, 5.74) is 1.18. The van der Waals surface area contributed by atoms with E-state index in [-0.39, 0.29) is 0 Å². The summed E-state index contributed by atoms with van der Waals surface area (Å²) in [5, 5.41) is 12.7. The molecule has 0 bridgehead atoms. The molecule has 1 heterocycles. The summed E-state index contributed by atoms with van der Waals surface area (Å²) in [5.74, 6) is 0.731. The molecule has 0 spiro atoms. The van der Waals surface area contributed by atoms with Crippen molar-refractivity contribution in [2.75, 3.05) is 19.8 Å². The molecule has 1 aromatic heterocycles. The second kappa shape index (κ2) is 10.4. The normalized spacial score (nSPS) is 11.8. The molecule has 138 valence electrons. The van der Waals surface area contributed by atoms with E-state index in [0.29, 0.717) is 32.8 Å². The number of benzene rings is 1. The van der Waals surface area contributed by atoms with Crippen molar-refractivity contribution in [3.05, 3.63) is 41.7 Å². The highest BCUT2D eigenvalue weighted by atomic mass is 28.4. The standard InChI is InChI=1S/C17H28N4O3Si/c1-4-22-25(23-5-2,24-6-3)14-10-13-21-19-17(18-20-21)15-16-11-8-7-9-12-16/h7-9,11-12H,4-6,10,13-15H2,1-3H3. The Morgan fingerprint density at radius 1 is 0.960 bits per heavy atom. The molecule has 0 aliphatic carbocycles. The number of rotatable bonds is 12. The Morgan fingerprint density at radius 3 is 2.20 bits per heavy atom. The minimum absolute atomic E-state index is 0.592. The van der Waals surface area contributed by atoms with Crippen LogP contribution in [0.25, 0.3) is 0 Å². The van der Waals surface area contributed by atoms with Gasteiger partial charge in [0.25, 0.3) is 0 Å². The van der Waals surface area contributed by atoms with Gasteiger partial charge in [0.05, 0.1) is 6.54 Å². The largest absolute Gasteiger partial charge is 0.500 e. The molecule has 0 amide bonds. The predicted octanol–water partition coefficient (Wildman–Crippen LogP) is 2.70. The first-order valence-corrected chi connectivity index (χ1v) is 10.9. The van der Waals surface area contributed by atoms with Crippen molar-refractivity contribution >= 4 is 8.80 Å². The molecule has 8 heteroatoms. The van der Waals surface area contributed by atoms with Crippen molar-refractivity contribution in [1.82, 2.24) is 20.2 Å². The first-order valence-electron chi connectivity index (χ1n) is 8.93. The third kappa shape index (κ3) is 6.31. The topological polar surface area (TPSA) is 71.3 Å². The molecule has 7 nitrogen and oxygen atoms in total. The van der Waals surface area contributed by atoms with Gasteiger partial charge in [0, 0.05) is 32.3 Å². The third-order valence-corrected chi connectivity index (χ3v) is 6.78. The summed E-state index contributed by atoms with van der Waals surface area (Å²) in [7, 11) is -2.59. The monoisotopic (exact) mass is 364 g/mol. The van der Waals surface area contributed by atoms with Crippen LogP contribution < -0.4 is 0 Å². The molecule has 0 unspecified atom stereocenters. The lowest BCUT2D eigenvalue weighted by Gasteiger charge is -2.28. The molecule has 0 fully saturated rings. The summed E-state index contributed by atoms with van der Waals surface area (Å²) < 4.78 is 17.6. The molecule has 0 aliphatic rings. The summed E-state index contributed by atoms with van der Waals surface area (Å²) >= 11 is 0. The summed E-state index contributed by atoms with van der Waals surface area (Å²) in [4.78, 5) is 1.64. The van der Waals surface area contributed by atoms with E-state index in [9.17, 15) is 0 Å². The fraction of sp³-hybridized carbons (Fsp3) is 0.588. The molecule has 1 aromatic carbocycles. The van der Waals surface area contributed by atoms with Gasteiger partial charge in [-0.1, -0.05) is 30.3 Å². The maximum atomic E-state index is 5.86. The van der Waals surface area contributed by atoms with Crippen LogP contribution in [0.5, 0.6) is 0 Å². The zero-order valence-electron chi connectivity index (χ0n) is 15.4. The highest BCUT2D eigenvalue weighted by molar-refractivity contribution is 6.60. The summed E-state index contributed by atoms with van der Waals surface area (Å²) in [6.45, 7) is 8.35. The predicted molar refractivity (Wildman–Crippen MR) is 97.1 cm³/mol. The summed E-state index contributed by atoms with van der Waals surface area (Å²) in [6.07, 6.45) is 1.52. The van der Waals surface area contributed by atoms with Crippen LogP contribution in [0.4, 0.5) is 0 Å². The molecule has 2 rings (SSSR count). The van der Waals surface area contributed by atoms with Gasteiger partial charge in [-0.2, -0.15) is 4.80 Å². The van der Waals surface area contributed by atoms with E-state index in [1.54, 1.807) is 4.80 Å². The average molecular weight is 365 g/mol. The molecule has 0 N–H and O–H groups in total. The lowest BCUT2D eigenvalue weighted by Crippen LogP contribution is -2.46. The van der Waals surface area contributed by atoms with Crippen molar-refractivity contribution in [1.29, 1.82) is 0 Å². The van der Waals surface area contributed by atoms with E-state index < -0.39 is 8.80 Å². The molecule has 0 radical (unpaired) electrons. The van der Waals surface area contributed by atoms with Gasteiger partial charge < -0.3 is 13.3 Å². The van der Waals surface area contributed by atoms with Crippen molar-refractivity contribution < 1.29 is 13.3 Å². The lowest BCUT2D eigenvalue weighted by molar-refractivity contribution is 0.0703. The van der Waals surface area contributed by atoms with E-state index in [0.717, 1.165) is 18.3 Å². The van der Waals surface area contributed by atoms with Crippen molar-refractivity contribution in [3.63, 3.8) is 0 Å². The zero-order chi connectivity index (χ0) is 18.0. The van der Waals surface area contributed by atoms with Crippen LogP contribution >= 0.6 is 0 Å². The van der Waals surface area contributed by atoms with E-state index in [1.807, 2.05) is 39.0 Å². The van der Waals surface area contributed by atoms with Gasteiger partial charge in [0.15, 0.2) is 5.82 Å². The van der Waals surface area contributed by atoms with E-state index >= 15 is 0 Å². The van der Waals surface area contributed by atoms with Gasteiger partial charge in [-0.15, -0.1) is 10.2 Å². The second-order valence-electron chi connectivity index (χ2n) is 5.55. The maximum Gasteiger partial charge on any atom is 0.500 e. The quantitative estimate of drug-likeness (QED) is 0.539. The van der Waals surface area contributed by atoms with Gasteiger partial charge in [0.2, 0.25) is 0 Å². The Bertz CT molecular complexity index is 592. The Labute approximate surface area is 150 Å². The number of hydrogen-bond acceptors (Lipinski definition) is 6. The third-order valence-electron chi connectivity index (χ3n) is 3.63. The molecule has 0 aliphatic heterocycles. The van der Waals surface area contributed by atoms with Gasteiger partial charge in [0.1, 0.15) is 0 Å². The maximum absolute atomic E-state index is 5.86. The van der Waals surface area contributed by atoms with Crippen molar-refractivity contribution in [2.45, 2.75) is 46.2 Å². The molecule has 2 aromatic rings. The van der Waals surface area contributed by atoms with Crippen LogP contribution in [0.15, 0.2) is 30.3 Å². The average Bonchev–Trinajstić information content (AvgIpc) is 3.04. The highest BCUT2D eigenvalue weighted by Crippen LogP contribution is 2.18. The van der Waals surface area contributed by atoms with E-state index in [4.69, 9.17) is 13.3 Å². The van der Waals surface area contributed by atoms with Crippen LogP contribution in [0.2, 0.25) is 6.04 Å². The molecule has 0 saturated heterocycles. The Hall–Kier alpha value is -1.61. The number of tetrazole rings is 1. The van der Waals surface area contributed by atoms with Gasteiger partial charge >= 0.3 is 8.80 Å². The van der Waals surface area contributed by atoms with Crippen LogP contribution in [0.1, 0.15) is 38.6 Å². The van der Waals surface area contributed by atoms with Gasteiger partial charge in [-0.3, -0.25) is 0 Å². The van der Waals surface area contributed by atoms with Gasteiger partial charge in [-0.25, -0.2) is 0 Å². The zero-order valence-corrected chi connectivity index (χ0v) is 16.4. The molecule has 0 atom stereocenters. The molecular formula is C17H28N4O3Si. The van der Waals surface area contributed by atoms with E-state index in [1.165, 1.54) is 5.56 Å². The number of hydrogen-bond donors (Lipinski definition) is 0. The first-order chi connectivity index (χ1) is 12.2. The van der Waals surface area contributed by atoms with E-state index in [2.05, 4.69) is 27.5 Å². The SMILES string of the molecule is CCO[Si](CCCn1nnc(Cc2ccccc2)n1)(OCC)OCC. The van der Waals surface area contributed by atoms with Crippen molar-refractivity contribution in [2.24, 2.45) is 0 Å². The minimum Gasteiger partial charge on any atom is -0.374 e. The van der Waals surface area contributed by atoms with Gasteiger partial charge in [-0.05, 0) is 38.0 Å². The summed E-state index contributed by atoms with van der Waals surface area (Å²) in [6, 6.07) is 10.9. The molecule has 0 saturated carbocycles. The smallest absolute Gasteiger partial charge is 0.374 e. The van der Waals surface area contributed by atoms with Crippen LogP contribution in [0, 0.1) is 0 Å². The second-order valence-corrected chi connectivity index (χ2v) is 8.28. The Morgan fingerprint density at radius 2 is 1.60 bits per heavy atom. The fourth-order valence-electron chi connectivity index (χ4n) is 2.66. The first kappa shape index (κ1) is 19.7. The number of aryl methyl sites for hydroxylation is 1. The van der Waals surface area contributed by atoms with Crippen molar-refractivity contribution in [3.8, 4) is 0 Å². The highest BCUT2D eigenvalue weighted by Gasteiger charge is 2.39. The number of aromatic nitrogens is 4. The minimum atomic E-state index is -2.59.